The predicted octanol–water partition coefficient (Wildman–Crippen LogP) is 1.80. The Morgan fingerprint density at radius 2 is 0.900 bits per heavy atom. The van der Waals surface area contributed by atoms with E-state index in [1.54, 1.807) is 11.9 Å². The zero-order chi connectivity index (χ0) is 50.0. The maximum absolute atomic E-state index is 12.8. The summed E-state index contributed by atoms with van der Waals surface area (Å²) in [5, 5.41) is 8.53. The fraction of sp³-hybridized carbons (Fsp3) is 0.694. The molecule has 1 unspecified atom stereocenters. The molecule has 2 aromatic rings. The van der Waals surface area contributed by atoms with Crippen molar-refractivity contribution < 1.29 is 61.8 Å². The van der Waals surface area contributed by atoms with Crippen molar-refractivity contribution in [2.45, 2.75) is 67.9 Å². The van der Waals surface area contributed by atoms with Gasteiger partial charge in [0.05, 0.1) is 119 Å². The van der Waals surface area contributed by atoms with Crippen molar-refractivity contribution in [1.82, 2.24) is 20.7 Å². The highest BCUT2D eigenvalue weighted by Gasteiger charge is 2.28. The highest BCUT2D eigenvalue weighted by molar-refractivity contribution is 7.97. The lowest BCUT2D eigenvalue weighted by Crippen LogP contribution is -2.44. The van der Waals surface area contributed by atoms with Gasteiger partial charge < -0.3 is 80.5 Å². The minimum absolute atomic E-state index is 0.114. The molecule has 0 aliphatic heterocycles. The lowest BCUT2D eigenvalue weighted by molar-refractivity contribution is -0.121. The Balaban J connectivity index is 1.20. The third kappa shape index (κ3) is 31.0. The Bertz CT molecular complexity index is 1600. The second kappa shape index (κ2) is 41.0. The van der Waals surface area contributed by atoms with Gasteiger partial charge in [-0.25, -0.2) is 0 Å². The van der Waals surface area contributed by atoms with Crippen LogP contribution in [0.2, 0.25) is 0 Å². The van der Waals surface area contributed by atoms with E-state index >= 15 is 0 Å². The number of benzene rings is 2. The van der Waals surface area contributed by atoms with Gasteiger partial charge in [-0.1, -0.05) is 24.3 Å². The van der Waals surface area contributed by atoms with Crippen molar-refractivity contribution in [1.29, 1.82) is 0 Å². The number of aryl methyl sites for hydroxylation is 1. The van der Waals surface area contributed by atoms with E-state index in [1.807, 2.05) is 12.1 Å². The van der Waals surface area contributed by atoms with Crippen molar-refractivity contribution >= 4 is 29.7 Å². The zero-order valence-electron chi connectivity index (χ0n) is 41.3. The molecular formula is C49H83N7O13S. The van der Waals surface area contributed by atoms with Gasteiger partial charge in [0.1, 0.15) is 11.9 Å². The third-order valence-corrected chi connectivity index (χ3v) is 11.6. The molecule has 0 spiro atoms. The van der Waals surface area contributed by atoms with Gasteiger partial charge in [-0.15, -0.1) is 0 Å². The van der Waals surface area contributed by atoms with Crippen LogP contribution >= 0.6 is 11.9 Å². The van der Waals surface area contributed by atoms with E-state index < -0.39 is 5.54 Å². The molecule has 20 nitrogen and oxygen atoms in total. The average molecular weight is 1010 g/mol. The smallest absolute Gasteiger partial charge is 0.220 e. The van der Waals surface area contributed by atoms with Gasteiger partial charge in [-0.2, -0.15) is 0 Å². The highest BCUT2D eigenvalue weighted by Crippen LogP contribution is 2.35. The van der Waals surface area contributed by atoms with Crippen LogP contribution in [0.1, 0.15) is 62.2 Å². The predicted molar refractivity (Wildman–Crippen MR) is 268 cm³/mol. The van der Waals surface area contributed by atoms with Crippen LogP contribution in [-0.2, 0) is 63.4 Å². The van der Waals surface area contributed by atoms with Gasteiger partial charge in [0.15, 0.2) is 0 Å². The van der Waals surface area contributed by atoms with Gasteiger partial charge in [-0.3, -0.25) is 19.1 Å². The summed E-state index contributed by atoms with van der Waals surface area (Å²) in [5.74, 6) is 0.281. The number of carbonyl (C=O) groups excluding carboxylic acids is 3. The number of hydrogen-bond donors (Lipinski definition) is 7. The second-order valence-corrected chi connectivity index (χ2v) is 17.3. The Morgan fingerprint density at radius 3 is 1.33 bits per heavy atom. The monoisotopic (exact) mass is 1010 g/mol. The number of nitrogens with two attached hydrogens (primary N) is 3. The minimum atomic E-state index is -0.936. The summed E-state index contributed by atoms with van der Waals surface area (Å²) in [6.45, 7) is 10.2. The van der Waals surface area contributed by atoms with Crippen molar-refractivity contribution in [3.63, 3.8) is 0 Å². The first-order valence-electron chi connectivity index (χ1n) is 24.7. The lowest BCUT2D eigenvalue weighted by Gasteiger charge is -2.29. The van der Waals surface area contributed by atoms with E-state index in [9.17, 15) is 14.4 Å². The molecule has 1 aliphatic rings. The van der Waals surface area contributed by atoms with Gasteiger partial charge in [0, 0.05) is 69.0 Å². The Kier molecular flexibility index (Phi) is 35.6. The van der Waals surface area contributed by atoms with E-state index in [0.29, 0.717) is 158 Å². The minimum Gasteiger partial charge on any atom is -0.486 e. The van der Waals surface area contributed by atoms with Crippen LogP contribution in [0.5, 0.6) is 5.75 Å². The van der Waals surface area contributed by atoms with Crippen LogP contribution < -0.4 is 42.6 Å². The summed E-state index contributed by atoms with van der Waals surface area (Å²) in [4.78, 5) is 39.3. The Hall–Kier alpha value is -3.52. The van der Waals surface area contributed by atoms with Crippen molar-refractivity contribution in [3.8, 4) is 5.75 Å². The van der Waals surface area contributed by atoms with Crippen LogP contribution in [0.25, 0.3) is 0 Å². The molecule has 0 fully saturated rings. The van der Waals surface area contributed by atoms with Crippen LogP contribution in [0, 0.1) is 0 Å². The zero-order valence-corrected chi connectivity index (χ0v) is 42.1. The van der Waals surface area contributed by atoms with Crippen LogP contribution in [0.15, 0.2) is 53.4 Å². The molecule has 0 saturated carbocycles. The molecular weight excluding hydrogens is 927 g/mol. The summed E-state index contributed by atoms with van der Waals surface area (Å²) in [6.07, 6.45) is 3.41. The first-order chi connectivity index (χ1) is 34.3. The molecule has 0 heterocycles. The molecule has 398 valence electrons. The van der Waals surface area contributed by atoms with E-state index in [-0.39, 0.29) is 62.4 Å². The molecule has 2 aromatic carbocycles. The summed E-state index contributed by atoms with van der Waals surface area (Å²) in [5.41, 5.74) is 19.3. The van der Waals surface area contributed by atoms with Crippen molar-refractivity contribution in [2.24, 2.45) is 17.2 Å². The standard InChI is InChI=1S/C49H83N7O13S/c50-17-23-60-29-35-66-37-31-62-25-19-53-46(57)11-14-49(52,15-12-47(58)54-20-26-63-32-38-67-36-30-61-24-18-51)16-13-48(59)55-21-27-64-33-39-68-40-34-65-28-22-56-70-43-8-6-42(7-9-43)69-45-10-5-41-3-1-2-4-44(41)45/h1-4,6-9,45,56H,5,10-40,50-52H2,(H,53,57)(H,54,58)(H,55,59). The number of rotatable bonds is 47. The number of ether oxygens (including phenoxy) is 10. The van der Waals surface area contributed by atoms with Crippen molar-refractivity contribution in [2.75, 3.05) is 158 Å². The molecule has 21 heteroatoms. The van der Waals surface area contributed by atoms with E-state index in [1.165, 1.54) is 11.1 Å². The number of fused-ring (bicyclic) bond motifs is 1. The molecule has 0 radical (unpaired) electrons. The first-order valence-corrected chi connectivity index (χ1v) is 25.6. The molecule has 0 saturated heterocycles. The first kappa shape index (κ1) is 60.8. The number of hydrogen-bond acceptors (Lipinski definition) is 18. The molecule has 10 N–H and O–H groups in total. The number of amides is 3. The number of carbonyl (C=O) groups is 3. The van der Waals surface area contributed by atoms with Crippen LogP contribution in [0.3, 0.4) is 0 Å². The summed E-state index contributed by atoms with van der Waals surface area (Å²) < 4.78 is 58.9. The van der Waals surface area contributed by atoms with Gasteiger partial charge in [-0.05, 0) is 79.4 Å². The van der Waals surface area contributed by atoms with Crippen LogP contribution in [0.4, 0.5) is 0 Å². The lowest BCUT2D eigenvalue weighted by atomic mass is 9.84. The summed E-state index contributed by atoms with van der Waals surface area (Å²) in [6, 6.07) is 16.6. The summed E-state index contributed by atoms with van der Waals surface area (Å²) >= 11 is 1.55. The summed E-state index contributed by atoms with van der Waals surface area (Å²) in [7, 11) is 0. The topological polar surface area (TPSA) is 270 Å². The quantitative estimate of drug-likeness (QED) is 0.0368. The maximum Gasteiger partial charge on any atom is 0.220 e. The second-order valence-electron chi connectivity index (χ2n) is 16.3. The van der Waals surface area contributed by atoms with Gasteiger partial charge >= 0.3 is 0 Å². The Labute approximate surface area is 419 Å². The SMILES string of the molecule is NCCOCCOCCOCCNC(=O)CCC(N)(CCC(=O)NCCOCCOCCOCCN)CCC(=O)NCCOCCOCCOCCNSc1ccc(OC2CCc3ccccc32)cc1. The molecule has 70 heavy (non-hydrogen) atoms. The average Bonchev–Trinajstić information content (AvgIpc) is 3.78. The van der Waals surface area contributed by atoms with Gasteiger partial charge in [0.2, 0.25) is 17.7 Å². The molecule has 0 bridgehead atoms. The fourth-order valence-electron chi connectivity index (χ4n) is 6.95. The largest absolute Gasteiger partial charge is 0.486 e. The Morgan fingerprint density at radius 1 is 0.514 bits per heavy atom. The van der Waals surface area contributed by atoms with E-state index in [4.69, 9.17) is 64.6 Å². The molecule has 0 aromatic heterocycles. The van der Waals surface area contributed by atoms with Crippen LogP contribution in [-0.4, -0.2) is 181 Å². The molecule has 3 amide bonds. The maximum atomic E-state index is 12.8. The third-order valence-electron chi connectivity index (χ3n) is 10.7. The fourth-order valence-corrected chi connectivity index (χ4v) is 7.57. The molecule has 1 atom stereocenters. The number of nitrogens with one attached hydrogen (secondary N) is 4. The van der Waals surface area contributed by atoms with Crippen molar-refractivity contribution in [3.05, 3.63) is 59.7 Å². The normalized spacial score (nSPS) is 13.3. The molecule has 1 aliphatic carbocycles. The highest BCUT2D eigenvalue weighted by atomic mass is 32.2. The van der Waals surface area contributed by atoms with Gasteiger partial charge in [0.25, 0.3) is 0 Å². The van der Waals surface area contributed by atoms with E-state index in [0.717, 1.165) is 23.5 Å². The molecule has 3 rings (SSSR count). The van der Waals surface area contributed by atoms with E-state index in [2.05, 4.69) is 57.1 Å².